The fourth-order valence-corrected chi connectivity index (χ4v) is 0.872. The van der Waals surface area contributed by atoms with Gasteiger partial charge in [0.1, 0.15) is 0 Å². The molecule has 12 heavy (non-hydrogen) atoms. The van der Waals surface area contributed by atoms with Crippen molar-refractivity contribution in [1.29, 1.82) is 0 Å². The molecule has 0 aliphatic rings. The summed E-state index contributed by atoms with van der Waals surface area (Å²) in [6.45, 7) is 0. The number of hydrogen-bond acceptors (Lipinski definition) is 2. The van der Waals surface area contributed by atoms with E-state index < -0.39 is 0 Å². The third-order valence-electron chi connectivity index (χ3n) is 1.20. The van der Waals surface area contributed by atoms with Crippen LogP contribution in [-0.4, -0.2) is 11.4 Å². The summed E-state index contributed by atoms with van der Waals surface area (Å²) >= 11 is 1.45. The Balaban J connectivity index is 0.00000121. The molecule has 0 atom stereocenters. The fourth-order valence-electron chi connectivity index (χ4n) is 0.675. The molecule has 2 nitrogen and oxygen atoms in total. The molecular weight excluding hydrogens is 283 g/mol. The first-order chi connectivity index (χ1) is 5.33. The lowest BCUT2D eigenvalue weighted by Gasteiger charge is -1.94. The van der Waals surface area contributed by atoms with Gasteiger partial charge in [-0.3, -0.25) is 0 Å². The minimum Gasteiger partial charge on any atom is -0.378 e. The average Bonchev–Trinajstić information content (AvgIpc) is 2.06. The van der Waals surface area contributed by atoms with Gasteiger partial charge < -0.3 is 5.73 Å². The quantitative estimate of drug-likeness (QED) is 0.491. The number of thioether (sulfide) groups is 1. The molecule has 0 unspecified atom stereocenters. The number of nitrogens with zero attached hydrogens (tertiary/aromatic N) is 1. The van der Waals surface area contributed by atoms with Crippen molar-refractivity contribution in [3.63, 3.8) is 0 Å². The van der Waals surface area contributed by atoms with Crippen molar-refractivity contribution in [2.75, 3.05) is 6.26 Å². The molecule has 2 N–H and O–H groups in total. The minimum absolute atomic E-state index is 0. The van der Waals surface area contributed by atoms with Gasteiger partial charge in [-0.1, -0.05) is 30.0 Å². The van der Waals surface area contributed by atoms with Crippen molar-refractivity contribution >= 4 is 46.6 Å². The molecule has 1 aromatic rings. The molecule has 0 spiro atoms. The van der Waals surface area contributed by atoms with Crippen LogP contribution in [0.15, 0.2) is 35.3 Å². The van der Waals surface area contributed by atoms with Gasteiger partial charge in [-0.15, -0.1) is 24.0 Å². The van der Waals surface area contributed by atoms with Gasteiger partial charge in [0, 0.05) is 0 Å². The number of nitrogens with two attached hydrogens (primary N) is 1. The van der Waals surface area contributed by atoms with E-state index in [-0.39, 0.29) is 24.0 Å². The predicted molar refractivity (Wildman–Crippen MR) is 66.7 cm³/mol. The molecular formula is C8H11IN2S. The Morgan fingerprint density at radius 2 is 1.92 bits per heavy atom. The van der Waals surface area contributed by atoms with Crippen molar-refractivity contribution < 1.29 is 0 Å². The second-order valence-corrected chi connectivity index (χ2v) is 2.82. The van der Waals surface area contributed by atoms with Crippen LogP contribution >= 0.6 is 35.7 Å². The van der Waals surface area contributed by atoms with Crippen LogP contribution in [0.4, 0.5) is 5.69 Å². The van der Waals surface area contributed by atoms with Crippen LogP contribution in [0.25, 0.3) is 0 Å². The first-order valence-corrected chi connectivity index (χ1v) is 4.48. The van der Waals surface area contributed by atoms with Crippen molar-refractivity contribution in [3.05, 3.63) is 30.3 Å². The van der Waals surface area contributed by atoms with E-state index in [4.69, 9.17) is 5.73 Å². The normalized spacial score (nSPS) is 10.6. The molecule has 4 heteroatoms. The molecule has 1 aromatic carbocycles. The second-order valence-electron chi connectivity index (χ2n) is 1.99. The first-order valence-electron chi connectivity index (χ1n) is 3.26. The highest BCUT2D eigenvalue weighted by atomic mass is 127. The molecule has 0 aliphatic carbocycles. The maximum atomic E-state index is 5.52. The third kappa shape index (κ3) is 3.96. The van der Waals surface area contributed by atoms with Crippen molar-refractivity contribution in [1.82, 2.24) is 0 Å². The Labute approximate surface area is 93.7 Å². The molecule has 0 radical (unpaired) electrons. The van der Waals surface area contributed by atoms with Gasteiger partial charge in [0.25, 0.3) is 0 Å². The zero-order valence-corrected chi connectivity index (χ0v) is 9.87. The zero-order valence-electron chi connectivity index (χ0n) is 6.73. The lowest BCUT2D eigenvalue weighted by molar-refractivity contribution is 1.51. The van der Waals surface area contributed by atoms with Gasteiger partial charge in [0.05, 0.1) is 5.69 Å². The second kappa shape index (κ2) is 6.30. The molecule has 0 aromatic heterocycles. The highest BCUT2D eigenvalue weighted by Crippen LogP contribution is 2.10. The minimum atomic E-state index is 0. The molecule has 0 saturated heterocycles. The number of hydrogen-bond donors (Lipinski definition) is 1. The summed E-state index contributed by atoms with van der Waals surface area (Å²) in [6.07, 6.45) is 1.90. The molecule has 0 aliphatic heterocycles. The van der Waals surface area contributed by atoms with E-state index in [2.05, 4.69) is 4.99 Å². The van der Waals surface area contributed by atoms with Crippen molar-refractivity contribution in [2.24, 2.45) is 10.7 Å². The van der Waals surface area contributed by atoms with Crippen LogP contribution in [0, 0.1) is 0 Å². The van der Waals surface area contributed by atoms with Gasteiger partial charge in [0.2, 0.25) is 0 Å². The Hall–Kier alpha value is -0.230. The van der Waals surface area contributed by atoms with E-state index >= 15 is 0 Å². The largest absolute Gasteiger partial charge is 0.378 e. The summed E-state index contributed by atoms with van der Waals surface area (Å²) in [4.78, 5) is 4.13. The van der Waals surface area contributed by atoms with E-state index in [0.29, 0.717) is 5.17 Å². The highest BCUT2D eigenvalue weighted by Gasteiger charge is 1.88. The molecule has 0 bridgehead atoms. The molecule has 0 saturated carbocycles. The maximum absolute atomic E-state index is 5.52. The molecule has 66 valence electrons. The van der Waals surface area contributed by atoms with Crippen molar-refractivity contribution in [2.45, 2.75) is 0 Å². The zero-order chi connectivity index (χ0) is 8.10. The van der Waals surface area contributed by atoms with Crippen molar-refractivity contribution in [3.8, 4) is 0 Å². The summed E-state index contributed by atoms with van der Waals surface area (Å²) < 4.78 is 0. The monoisotopic (exact) mass is 294 g/mol. The summed E-state index contributed by atoms with van der Waals surface area (Å²) in [7, 11) is 0. The average molecular weight is 294 g/mol. The summed E-state index contributed by atoms with van der Waals surface area (Å²) in [6, 6.07) is 9.67. The van der Waals surface area contributed by atoms with E-state index in [1.54, 1.807) is 0 Å². The van der Waals surface area contributed by atoms with Crippen LogP contribution < -0.4 is 5.73 Å². The van der Waals surface area contributed by atoms with Gasteiger partial charge in [0.15, 0.2) is 5.17 Å². The fraction of sp³-hybridized carbons (Fsp3) is 0.125. The highest BCUT2D eigenvalue weighted by molar-refractivity contribution is 14.0. The van der Waals surface area contributed by atoms with E-state index in [1.807, 2.05) is 36.6 Å². The van der Waals surface area contributed by atoms with E-state index in [0.717, 1.165) is 5.69 Å². The maximum Gasteiger partial charge on any atom is 0.158 e. The summed E-state index contributed by atoms with van der Waals surface area (Å²) in [5, 5.41) is 0.594. The third-order valence-corrected chi connectivity index (χ3v) is 1.71. The Kier molecular flexibility index (Phi) is 6.18. The van der Waals surface area contributed by atoms with Crippen LogP contribution in [0.5, 0.6) is 0 Å². The molecule has 1 rings (SSSR count). The van der Waals surface area contributed by atoms with Gasteiger partial charge in [-0.2, -0.15) is 0 Å². The van der Waals surface area contributed by atoms with E-state index in [9.17, 15) is 0 Å². The first kappa shape index (κ1) is 11.8. The Morgan fingerprint density at radius 3 is 2.42 bits per heavy atom. The summed E-state index contributed by atoms with van der Waals surface area (Å²) in [5.41, 5.74) is 6.42. The van der Waals surface area contributed by atoms with Crippen LogP contribution in [-0.2, 0) is 0 Å². The standard InChI is InChI=1S/C8H10N2S.HI/c1-11-8(9)10-7-5-3-2-4-6-7;/h2-6H,1H3,(H2,9,10);1H. The Bertz CT molecular complexity index is 248. The lowest BCUT2D eigenvalue weighted by atomic mass is 10.3. The number of aliphatic imine (C=N–C) groups is 1. The SMILES string of the molecule is CSC(N)=Nc1ccccc1.I. The van der Waals surface area contributed by atoms with Crippen LogP contribution in [0.1, 0.15) is 0 Å². The smallest absolute Gasteiger partial charge is 0.158 e. The van der Waals surface area contributed by atoms with Gasteiger partial charge in [-0.05, 0) is 18.4 Å². The number of halogens is 1. The number of para-hydroxylation sites is 1. The lowest BCUT2D eigenvalue weighted by Crippen LogP contribution is -2.03. The Morgan fingerprint density at radius 1 is 1.33 bits per heavy atom. The van der Waals surface area contributed by atoms with Crippen LogP contribution in [0.2, 0.25) is 0 Å². The summed E-state index contributed by atoms with van der Waals surface area (Å²) in [5.74, 6) is 0. The van der Waals surface area contributed by atoms with Gasteiger partial charge in [-0.25, -0.2) is 4.99 Å². The number of amidine groups is 1. The molecule has 0 fully saturated rings. The van der Waals surface area contributed by atoms with Crippen LogP contribution in [0.3, 0.4) is 0 Å². The van der Waals surface area contributed by atoms with Gasteiger partial charge >= 0.3 is 0 Å². The number of rotatable bonds is 1. The van der Waals surface area contributed by atoms with E-state index in [1.165, 1.54) is 11.8 Å². The number of benzene rings is 1. The predicted octanol–water partition coefficient (Wildman–Crippen LogP) is 2.61. The molecule has 0 heterocycles. The topological polar surface area (TPSA) is 38.4 Å². The molecule has 0 amide bonds.